The molecule has 2 heteroatoms. The molecule has 10 heavy (non-hydrogen) atoms. The molecule has 2 atom stereocenters. The maximum Gasteiger partial charge on any atom is 0.223 e. The van der Waals surface area contributed by atoms with Crippen LogP contribution in [0.5, 0.6) is 0 Å². The van der Waals surface area contributed by atoms with Crippen molar-refractivity contribution in [3.05, 3.63) is 12.2 Å². The number of carbonyl (C=O) groups is 1. The number of rotatable bonds is 0. The van der Waals surface area contributed by atoms with Gasteiger partial charge in [-0.05, 0) is 12.8 Å². The second-order valence-corrected chi connectivity index (χ2v) is 3.02. The summed E-state index contributed by atoms with van der Waals surface area (Å²) < 4.78 is 0. The lowest BCUT2D eigenvalue weighted by Gasteiger charge is -2.15. The minimum absolute atomic E-state index is 0.259. The Hall–Kier alpha value is -0.790. The summed E-state index contributed by atoms with van der Waals surface area (Å²) in [6.45, 7) is 0.861. The van der Waals surface area contributed by atoms with E-state index in [0.29, 0.717) is 11.8 Å². The van der Waals surface area contributed by atoms with Crippen LogP contribution in [-0.2, 0) is 4.79 Å². The molecule has 0 unspecified atom stereocenters. The van der Waals surface area contributed by atoms with Crippen molar-refractivity contribution in [2.45, 2.75) is 12.8 Å². The zero-order chi connectivity index (χ0) is 6.97. The Morgan fingerprint density at radius 2 is 2.50 bits per heavy atom. The van der Waals surface area contributed by atoms with Crippen molar-refractivity contribution in [2.24, 2.45) is 11.8 Å². The maximum absolute atomic E-state index is 11.1. The van der Waals surface area contributed by atoms with Gasteiger partial charge in [-0.25, -0.2) is 0 Å². The average molecular weight is 137 g/mol. The fourth-order valence-electron chi connectivity index (χ4n) is 1.78. The number of hydrogen-bond acceptors (Lipinski definition) is 1. The van der Waals surface area contributed by atoms with E-state index < -0.39 is 0 Å². The van der Waals surface area contributed by atoms with E-state index in [1.165, 1.54) is 0 Å². The van der Waals surface area contributed by atoms with E-state index in [4.69, 9.17) is 0 Å². The second-order valence-electron chi connectivity index (χ2n) is 3.02. The Morgan fingerprint density at radius 1 is 1.60 bits per heavy atom. The third kappa shape index (κ3) is 0.753. The fraction of sp³-hybridized carbons (Fsp3) is 0.625. The van der Waals surface area contributed by atoms with E-state index >= 15 is 0 Å². The molecule has 0 aromatic heterocycles. The third-order valence-electron chi connectivity index (χ3n) is 2.39. The van der Waals surface area contributed by atoms with Crippen LogP contribution in [0.2, 0.25) is 0 Å². The summed E-state index contributed by atoms with van der Waals surface area (Å²) in [7, 11) is 0. The van der Waals surface area contributed by atoms with E-state index in [1.54, 1.807) is 0 Å². The van der Waals surface area contributed by atoms with Crippen molar-refractivity contribution < 1.29 is 4.79 Å². The molecule has 1 amide bonds. The normalized spacial score (nSPS) is 37.4. The second kappa shape index (κ2) is 2.11. The quantitative estimate of drug-likeness (QED) is 0.489. The predicted octanol–water partition coefficient (Wildman–Crippen LogP) is 0.699. The van der Waals surface area contributed by atoms with E-state index in [1.807, 2.05) is 0 Å². The lowest BCUT2D eigenvalue weighted by molar-refractivity contribution is -0.122. The SMILES string of the molecule is O=C1NC[C@@H]2C=CCC[C@H]12. The van der Waals surface area contributed by atoms with Crippen LogP contribution in [0.4, 0.5) is 0 Å². The van der Waals surface area contributed by atoms with Gasteiger partial charge in [0.05, 0.1) is 0 Å². The lowest BCUT2D eigenvalue weighted by Crippen LogP contribution is -2.20. The Bertz CT molecular complexity index is 186. The van der Waals surface area contributed by atoms with E-state index in [0.717, 1.165) is 19.4 Å². The highest BCUT2D eigenvalue weighted by Gasteiger charge is 2.33. The van der Waals surface area contributed by atoms with Crippen LogP contribution in [0.15, 0.2) is 12.2 Å². The van der Waals surface area contributed by atoms with Gasteiger partial charge in [-0.1, -0.05) is 12.2 Å². The predicted molar refractivity (Wildman–Crippen MR) is 38.4 cm³/mol. The van der Waals surface area contributed by atoms with Crippen LogP contribution in [0.3, 0.4) is 0 Å². The molecule has 0 radical (unpaired) electrons. The number of allylic oxidation sites excluding steroid dienone is 1. The van der Waals surface area contributed by atoms with Crippen molar-refractivity contribution >= 4 is 5.91 Å². The molecule has 1 saturated heterocycles. The van der Waals surface area contributed by atoms with Gasteiger partial charge in [-0.3, -0.25) is 4.79 Å². The third-order valence-corrected chi connectivity index (χ3v) is 2.39. The standard InChI is InChI=1S/C8H11NO/c10-8-7-4-2-1-3-6(7)5-9-8/h1,3,6-7H,2,4-5H2,(H,9,10)/t6-,7-/m0/s1. The fourth-order valence-corrected chi connectivity index (χ4v) is 1.78. The topological polar surface area (TPSA) is 29.1 Å². The molecule has 2 aliphatic rings. The van der Waals surface area contributed by atoms with Crippen LogP contribution < -0.4 is 5.32 Å². The molecule has 1 aliphatic carbocycles. The first-order chi connectivity index (χ1) is 4.88. The maximum atomic E-state index is 11.1. The van der Waals surface area contributed by atoms with Gasteiger partial charge in [-0.15, -0.1) is 0 Å². The van der Waals surface area contributed by atoms with Crippen molar-refractivity contribution in [3.8, 4) is 0 Å². The zero-order valence-electron chi connectivity index (χ0n) is 5.84. The summed E-state index contributed by atoms with van der Waals surface area (Å²) in [5.74, 6) is 1.06. The number of fused-ring (bicyclic) bond motifs is 1. The van der Waals surface area contributed by atoms with Crippen molar-refractivity contribution in [1.82, 2.24) is 5.32 Å². The Balaban J connectivity index is 2.19. The Labute approximate surface area is 60.3 Å². The number of hydrogen-bond donors (Lipinski definition) is 1. The molecule has 2 nitrogen and oxygen atoms in total. The van der Waals surface area contributed by atoms with Gasteiger partial charge in [0, 0.05) is 18.4 Å². The van der Waals surface area contributed by atoms with Crippen molar-refractivity contribution in [3.63, 3.8) is 0 Å². The van der Waals surface area contributed by atoms with Crippen LogP contribution in [0, 0.1) is 11.8 Å². The van der Waals surface area contributed by atoms with Gasteiger partial charge >= 0.3 is 0 Å². The van der Waals surface area contributed by atoms with E-state index in [9.17, 15) is 4.79 Å². The molecule has 0 spiro atoms. The minimum Gasteiger partial charge on any atom is -0.355 e. The van der Waals surface area contributed by atoms with Crippen molar-refractivity contribution in [2.75, 3.05) is 6.54 Å². The molecular formula is C8H11NO. The first-order valence-corrected chi connectivity index (χ1v) is 3.82. The molecule has 1 N–H and O–H groups in total. The van der Waals surface area contributed by atoms with Gasteiger partial charge in [0.1, 0.15) is 0 Å². The van der Waals surface area contributed by atoms with Crippen molar-refractivity contribution in [1.29, 1.82) is 0 Å². The summed E-state index contributed by atoms with van der Waals surface area (Å²) >= 11 is 0. The first kappa shape index (κ1) is 5.96. The van der Waals surface area contributed by atoms with E-state index in [2.05, 4.69) is 17.5 Å². The minimum atomic E-state index is 0.259. The first-order valence-electron chi connectivity index (χ1n) is 3.82. The summed E-state index contributed by atoms with van der Waals surface area (Å²) in [5.41, 5.74) is 0. The summed E-state index contributed by atoms with van der Waals surface area (Å²) in [5, 5.41) is 2.87. The highest BCUT2D eigenvalue weighted by Crippen LogP contribution is 2.27. The Morgan fingerprint density at radius 3 is 3.30 bits per heavy atom. The van der Waals surface area contributed by atoms with E-state index in [-0.39, 0.29) is 5.91 Å². The molecule has 1 aliphatic heterocycles. The Kier molecular flexibility index (Phi) is 1.26. The zero-order valence-corrected chi connectivity index (χ0v) is 5.84. The van der Waals surface area contributed by atoms with Gasteiger partial charge in [0.25, 0.3) is 0 Å². The number of amides is 1. The average Bonchev–Trinajstić information content (AvgIpc) is 2.34. The van der Waals surface area contributed by atoms with Crippen LogP contribution in [0.1, 0.15) is 12.8 Å². The summed E-state index contributed by atoms with van der Waals surface area (Å²) in [6, 6.07) is 0. The molecule has 54 valence electrons. The van der Waals surface area contributed by atoms with Crippen LogP contribution in [0.25, 0.3) is 0 Å². The highest BCUT2D eigenvalue weighted by molar-refractivity contribution is 5.81. The summed E-state index contributed by atoms with van der Waals surface area (Å²) in [4.78, 5) is 11.1. The summed E-state index contributed by atoms with van der Waals surface area (Å²) in [6.07, 6.45) is 6.48. The van der Waals surface area contributed by atoms with Gasteiger partial charge in [0.15, 0.2) is 0 Å². The van der Waals surface area contributed by atoms with Crippen LogP contribution in [-0.4, -0.2) is 12.5 Å². The van der Waals surface area contributed by atoms with Crippen LogP contribution >= 0.6 is 0 Å². The molecular weight excluding hydrogens is 126 g/mol. The monoisotopic (exact) mass is 137 g/mol. The number of nitrogens with one attached hydrogen (secondary N) is 1. The number of carbonyl (C=O) groups excluding carboxylic acids is 1. The lowest BCUT2D eigenvalue weighted by atomic mass is 9.87. The molecule has 0 aromatic carbocycles. The molecule has 0 saturated carbocycles. The smallest absolute Gasteiger partial charge is 0.223 e. The molecule has 1 heterocycles. The molecule has 0 aromatic rings. The van der Waals surface area contributed by atoms with Gasteiger partial charge in [0.2, 0.25) is 5.91 Å². The van der Waals surface area contributed by atoms with Gasteiger partial charge in [-0.2, -0.15) is 0 Å². The molecule has 0 bridgehead atoms. The largest absolute Gasteiger partial charge is 0.355 e. The molecule has 2 rings (SSSR count). The highest BCUT2D eigenvalue weighted by atomic mass is 16.2. The van der Waals surface area contributed by atoms with Gasteiger partial charge < -0.3 is 5.32 Å². The molecule has 1 fully saturated rings.